The van der Waals surface area contributed by atoms with Crippen LogP contribution in [-0.2, 0) is 34.4 Å². The summed E-state index contributed by atoms with van der Waals surface area (Å²) in [6.45, 7) is 4.08. The number of nitrogens with zero attached hydrogens (tertiary/aromatic N) is 1. The normalized spacial score (nSPS) is 16.0. The lowest BCUT2D eigenvalue weighted by Crippen LogP contribution is -2.23. The number of anilines is 1. The number of nitrogens with one attached hydrogen (secondary N) is 1. The Hall–Kier alpha value is -1.58. The second-order valence-corrected chi connectivity index (χ2v) is 13.7. The van der Waals surface area contributed by atoms with Gasteiger partial charge in [0.2, 0.25) is 5.91 Å². The molecule has 0 bridgehead atoms. The quantitative estimate of drug-likeness (QED) is 0.356. The van der Waals surface area contributed by atoms with Gasteiger partial charge in [0.25, 0.3) is 0 Å². The van der Waals surface area contributed by atoms with E-state index < -0.39 is 23.4 Å². The Balaban J connectivity index is 1.76. The van der Waals surface area contributed by atoms with Crippen LogP contribution in [0.1, 0.15) is 62.3 Å². The van der Waals surface area contributed by atoms with Crippen molar-refractivity contribution in [2.75, 3.05) is 24.8 Å². The average Bonchev–Trinajstić information content (AvgIpc) is 3.43. The largest absolute Gasteiger partial charge is 0.335 e. The van der Waals surface area contributed by atoms with Gasteiger partial charge in [-0.15, -0.1) is 11.3 Å². The van der Waals surface area contributed by atoms with Gasteiger partial charge in [-0.05, 0) is 43.9 Å². The fourth-order valence-electron chi connectivity index (χ4n) is 4.26. The van der Waals surface area contributed by atoms with Gasteiger partial charge < -0.3 is 14.4 Å². The number of carbonyl (C=O) groups is 1. The summed E-state index contributed by atoms with van der Waals surface area (Å²) in [6, 6.07) is 6.56. The number of amides is 1. The molecule has 1 aromatic carbocycles. The van der Waals surface area contributed by atoms with Crippen LogP contribution in [0.2, 0.25) is 0 Å². The minimum absolute atomic E-state index is 0.0979. The molecule has 1 saturated carbocycles. The predicted octanol–water partition coefficient (Wildman–Crippen LogP) is 5.62. The second kappa shape index (κ2) is 11.9. The van der Waals surface area contributed by atoms with Crippen molar-refractivity contribution in [3.8, 4) is 0 Å². The molecule has 1 N–H and O–H groups in total. The molecule has 188 valence electrons. The maximum Gasteiger partial charge on any atom is 0.335 e. The number of thiazole rings is 1. The Morgan fingerprint density at radius 1 is 1.18 bits per heavy atom. The number of carbonyl (C=O) groups excluding carboxylic acids is 1. The lowest BCUT2D eigenvalue weighted by Gasteiger charge is -2.20. The first kappa shape index (κ1) is 27.0. The van der Waals surface area contributed by atoms with E-state index in [2.05, 4.69) is 10.3 Å². The highest BCUT2D eigenvalue weighted by atomic mass is 32.2. The smallest absolute Gasteiger partial charge is 0.309 e. The second-order valence-electron chi connectivity index (χ2n) is 8.51. The van der Waals surface area contributed by atoms with E-state index in [0.717, 1.165) is 18.4 Å². The Morgan fingerprint density at radius 3 is 2.35 bits per heavy atom. The van der Waals surface area contributed by atoms with Crippen molar-refractivity contribution in [2.45, 2.75) is 62.9 Å². The Labute approximate surface area is 205 Å². The molecule has 0 radical (unpaired) electrons. The average molecular weight is 529 g/mol. The molecule has 3 rings (SSSR count). The number of aromatic nitrogens is 1. The van der Waals surface area contributed by atoms with Gasteiger partial charge in [-0.1, -0.05) is 37.8 Å². The van der Waals surface area contributed by atoms with Crippen LogP contribution < -0.4 is 5.32 Å². The summed E-state index contributed by atoms with van der Waals surface area (Å²) in [4.78, 5) is 18.5. The zero-order valence-corrected chi connectivity index (χ0v) is 22.4. The van der Waals surface area contributed by atoms with E-state index in [1.807, 2.05) is 0 Å². The molecule has 1 atom stereocenters. The fourth-order valence-corrected chi connectivity index (χ4v) is 7.75. The van der Waals surface area contributed by atoms with Crippen molar-refractivity contribution >= 4 is 39.8 Å². The third kappa shape index (κ3) is 7.46. The molecule has 2 aromatic rings. The molecule has 0 saturated heterocycles. The van der Waals surface area contributed by atoms with Gasteiger partial charge in [0.1, 0.15) is 0 Å². The standard InChI is InChI=1S/C23H33N2O6PS2/c1-4-30-32(27,31-5-2)16-19-15-24-23(33-19)25-22(26)21(14-17-8-6-7-9-17)18-10-12-20(13-11-18)34(3,28)29/h10-13,15,17,21H,4-9,14,16H2,1-3H3,(H,24,25,26)/t21-/m1/s1. The Kier molecular flexibility index (Phi) is 9.46. The van der Waals surface area contributed by atoms with Gasteiger partial charge in [0, 0.05) is 17.3 Å². The molecule has 1 aliphatic rings. The van der Waals surface area contributed by atoms with Gasteiger partial charge in [-0.25, -0.2) is 13.4 Å². The zero-order chi connectivity index (χ0) is 24.8. The first-order chi connectivity index (χ1) is 16.1. The van der Waals surface area contributed by atoms with Gasteiger partial charge >= 0.3 is 7.60 Å². The topological polar surface area (TPSA) is 112 Å². The van der Waals surface area contributed by atoms with Crippen LogP contribution in [0.4, 0.5) is 5.13 Å². The molecular formula is C23H33N2O6PS2. The molecule has 11 heteroatoms. The minimum atomic E-state index is -3.31. The van der Waals surface area contributed by atoms with Gasteiger partial charge in [-0.3, -0.25) is 9.36 Å². The SMILES string of the molecule is CCOP(=O)(Cc1cnc(NC(=O)[C@H](CC2CCCC2)c2ccc(S(C)(=O)=O)cc2)s1)OCC. The van der Waals surface area contributed by atoms with Crippen LogP contribution in [0, 0.1) is 5.92 Å². The fraction of sp³-hybridized carbons (Fsp3) is 0.565. The molecule has 1 aromatic heterocycles. The van der Waals surface area contributed by atoms with Crippen LogP contribution in [0.25, 0.3) is 0 Å². The maximum atomic E-state index is 13.3. The number of hydrogen-bond donors (Lipinski definition) is 1. The summed E-state index contributed by atoms with van der Waals surface area (Å²) in [6.07, 6.45) is 8.07. The molecule has 1 amide bonds. The molecule has 1 heterocycles. The maximum absolute atomic E-state index is 13.3. The van der Waals surface area contributed by atoms with E-state index >= 15 is 0 Å². The van der Waals surface area contributed by atoms with Crippen molar-refractivity contribution in [2.24, 2.45) is 5.92 Å². The van der Waals surface area contributed by atoms with Gasteiger partial charge in [-0.2, -0.15) is 0 Å². The summed E-state index contributed by atoms with van der Waals surface area (Å²) in [5.74, 6) is -0.139. The summed E-state index contributed by atoms with van der Waals surface area (Å²) >= 11 is 1.25. The number of hydrogen-bond acceptors (Lipinski definition) is 8. The van der Waals surface area contributed by atoms with E-state index in [9.17, 15) is 17.8 Å². The highest BCUT2D eigenvalue weighted by Crippen LogP contribution is 2.52. The lowest BCUT2D eigenvalue weighted by molar-refractivity contribution is -0.118. The lowest BCUT2D eigenvalue weighted by atomic mass is 9.87. The van der Waals surface area contributed by atoms with Crippen LogP contribution in [0.15, 0.2) is 35.4 Å². The third-order valence-electron chi connectivity index (χ3n) is 5.86. The summed E-state index contributed by atoms with van der Waals surface area (Å²) in [5.41, 5.74) is 0.783. The third-order valence-corrected chi connectivity index (χ3v) is 10.1. The van der Waals surface area contributed by atoms with Crippen molar-refractivity contribution in [1.29, 1.82) is 0 Å². The number of benzene rings is 1. The van der Waals surface area contributed by atoms with Crippen LogP contribution in [0.5, 0.6) is 0 Å². The van der Waals surface area contributed by atoms with Gasteiger partial charge in [0.15, 0.2) is 15.0 Å². The highest BCUT2D eigenvalue weighted by molar-refractivity contribution is 7.90. The van der Waals surface area contributed by atoms with Crippen molar-refractivity contribution in [3.05, 3.63) is 40.9 Å². The number of rotatable bonds is 12. The molecule has 34 heavy (non-hydrogen) atoms. The first-order valence-corrected chi connectivity index (χ1v) is 16.0. The molecule has 8 nitrogen and oxygen atoms in total. The molecule has 1 fully saturated rings. The molecule has 1 aliphatic carbocycles. The van der Waals surface area contributed by atoms with Gasteiger partial charge in [0.05, 0.1) is 30.2 Å². The highest BCUT2D eigenvalue weighted by Gasteiger charge is 2.29. The molecule has 0 unspecified atom stereocenters. The molecular weight excluding hydrogens is 495 g/mol. The number of sulfone groups is 1. The zero-order valence-electron chi connectivity index (χ0n) is 19.9. The van der Waals surface area contributed by atoms with Crippen molar-refractivity contribution in [1.82, 2.24) is 4.98 Å². The van der Waals surface area contributed by atoms with E-state index in [0.29, 0.717) is 22.3 Å². The van der Waals surface area contributed by atoms with E-state index in [4.69, 9.17) is 9.05 Å². The summed E-state index contributed by atoms with van der Waals surface area (Å²) in [5, 5.41) is 3.33. The van der Waals surface area contributed by atoms with E-state index in [-0.39, 0.29) is 30.2 Å². The first-order valence-electron chi connectivity index (χ1n) is 11.6. The monoisotopic (exact) mass is 528 g/mol. The minimum Gasteiger partial charge on any atom is -0.309 e. The Morgan fingerprint density at radius 2 is 1.79 bits per heavy atom. The Bertz CT molecular complexity index is 1100. The molecule has 0 aliphatic heterocycles. The van der Waals surface area contributed by atoms with Crippen LogP contribution in [-0.4, -0.2) is 38.8 Å². The van der Waals surface area contributed by atoms with E-state index in [1.165, 1.54) is 30.4 Å². The summed E-state index contributed by atoms with van der Waals surface area (Å²) < 4.78 is 47.2. The van der Waals surface area contributed by atoms with Crippen LogP contribution in [0.3, 0.4) is 0 Å². The van der Waals surface area contributed by atoms with Crippen LogP contribution >= 0.6 is 18.9 Å². The van der Waals surface area contributed by atoms with E-state index in [1.54, 1.807) is 44.3 Å². The summed E-state index contributed by atoms with van der Waals surface area (Å²) in [7, 11) is -6.57. The van der Waals surface area contributed by atoms with Crippen molar-refractivity contribution in [3.63, 3.8) is 0 Å². The van der Waals surface area contributed by atoms with Crippen molar-refractivity contribution < 1.29 is 26.8 Å². The molecule has 0 spiro atoms. The predicted molar refractivity (Wildman–Crippen MR) is 134 cm³/mol.